The van der Waals surface area contributed by atoms with Gasteiger partial charge in [-0.15, -0.1) is 24.8 Å². The molecule has 130 valence electrons. The fraction of sp³-hybridized carbons (Fsp3) is 0.625. The molecule has 2 saturated heterocycles. The van der Waals surface area contributed by atoms with E-state index in [1.54, 1.807) is 6.20 Å². The van der Waals surface area contributed by atoms with E-state index in [0.29, 0.717) is 17.7 Å². The Morgan fingerprint density at radius 2 is 2.00 bits per heavy atom. The first-order chi connectivity index (χ1) is 10.2. The maximum atomic E-state index is 12.4. The van der Waals surface area contributed by atoms with E-state index < -0.39 is 0 Å². The number of ether oxygens (including phenoxy) is 1. The SMILES string of the molecule is CC(C(=O)N1CCC(Oc2ccccn2)CC1)C1CNC1.Cl.Cl. The summed E-state index contributed by atoms with van der Waals surface area (Å²) in [5.41, 5.74) is 0. The third kappa shape index (κ3) is 4.96. The number of hydrogen-bond donors (Lipinski definition) is 1. The minimum Gasteiger partial charge on any atom is -0.474 e. The molecule has 0 saturated carbocycles. The Bertz CT molecular complexity index is 477. The van der Waals surface area contributed by atoms with Crippen molar-refractivity contribution in [2.45, 2.75) is 25.9 Å². The number of nitrogens with zero attached hydrogens (tertiary/aromatic N) is 2. The number of rotatable bonds is 4. The standard InChI is InChI=1S/C16H23N3O2.2ClH/c1-12(13-10-17-11-13)16(20)19-8-5-14(6-9-19)21-15-4-2-3-7-18-15;;/h2-4,7,12-14,17H,5-6,8-11H2,1H3;2*1H. The Labute approximate surface area is 150 Å². The Morgan fingerprint density at radius 1 is 1.30 bits per heavy atom. The fourth-order valence-corrected chi connectivity index (χ4v) is 2.94. The minimum atomic E-state index is 0. The molecule has 1 N–H and O–H groups in total. The number of nitrogens with one attached hydrogen (secondary N) is 1. The van der Waals surface area contributed by atoms with Gasteiger partial charge in [0.25, 0.3) is 0 Å². The second-order valence-corrected chi connectivity index (χ2v) is 6.02. The van der Waals surface area contributed by atoms with Gasteiger partial charge in [0.1, 0.15) is 6.10 Å². The Morgan fingerprint density at radius 3 is 2.52 bits per heavy atom. The highest BCUT2D eigenvalue weighted by Gasteiger charge is 2.33. The number of amides is 1. The van der Waals surface area contributed by atoms with Crippen molar-refractivity contribution in [3.05, 3.63) is 24.4 Å². The maximum absolute atomic E-state index is 12.4. The molecule has 2 aliphatic rings. The van der Waals surface area contributed by atoms with Crippen LogP contribution < -0.4 is 10.1 Å². The zero-order chi connectivity index (χ0) is 14.7. The van der Waals surface area contributed by atoms with Gasteiger partial charge in [0.05, 0.1) is 0 Å². The molecule has 5 nitrogen and oxygen atoms in total. The summed E-state index contributed by atoms with van der Waals surface area (Å²) in [6.07, 6.45) is 3.68. The summed E-state index contributed by atoms with van der Waals surface area (Å²) in [5, 5.41) is 3.24. The van der Waals surface area contributed by atoms with Crippen LogP contribution in [0.5, 0.6) is 5.88 Å². The summed E-state index contributed by atoms with van der Waals surface area (Å²) in [6.45, 7) is 5.60. The van der Waals surface area contributed by atoms with Crippen LogP contribution in [0.25, 0.3) is 0 Å². The van der Waals surface area contributed by atoms with Crippen molar-refractivity contribution in [1.82, 2.24) is 15.2 Å². The molecule has 1 aromatic heterocycles. The van der Waals surface area contributed by atoms with Crippen molar-refractivity contribution in [1.29, 1.82) is 0 Å². The fourth-order valence-electron chi connectivity index (χ4n) is 2.94. The van der Waals surface area contributed by atoms with Gasteiger partial charge < -0.3 is 15.0 Å². The molecule has 1 atom stereocenters. The maximum Gasteiger partial charge on any atom is 0.225 e. The van der Waals surface area contributed by atoms with E-state index in [4.69, 9.17) is 4.74 Å². The van der Waals surface area contributed by atoms with E-state index in [-0.39, 0.29) is 36.8 Å². The molecule has 2 aliphatic heterocycles. The van der Waals surface area contributed by atoms with Crippen molar-refractivity contribution in [3.8, 4) is 5.88 Å². The molecule has 0 aliphatic carbocycles. The number of halogens is 2. The Balaban J connectivity index is 0.00000132. The molecule has 3 heterocycles. The Kier molecular flexibility index (Phi) is 8.09. The number of hydrogen-bond acceptors (Lipinski definition) is 4. The molecule has 0 spiro atoms. The van der Waals surface area contributed by atoms with E-state index in [1.807, 2.05) is 23.1 Å². The van der Waals surface area contributed by atoms with Gasteiger partial charge in [0.15, 0.2) is 0 Å². The molecular formula is C16H25Cl2N3O2. The van der Waals surface area contributed by atoms with Crippen LogP contribution in [0.1, 0.15) is 19.8 Å². The van der Waals surface area contributed by atoms with Gasteiger partial charge in [-0.3, -0.25) is 4.79 Å². The number of likely N-dealkylation sites (tertiary alicyclic amines) is 1. The summed E-state index contributed by atoms with van der Waals surface area (Å²) in [7, 11) is 0. The number of pyridine rings is 1. The number of carbonyl (C=O) groups excluding carboxylic acids is 1. The van der Waals surface area contributed by atoms with Gasteiger partial charge in [-0.25, -0.2) is 4.98 Å². The third-order valence-electron chi connectivity index (χ3n) is 4.59. The minimum absolute atomic E-state index is 0. The summed E-state index contributed by atoms with van der Waals surface area (Å²) in [5.74, 6) is 1.63. The molecule has 2 fully saturated rings. The predicted octanol–water partition coefficient (Wildman–Crippen LogP) is 2.15. The van der Waals surface area contributed by atoms with Gasteiger partial charge in [0, 0.05) is 44.1 Å². The highest BCUT2D eigenvalue weighted by molar-refractivity contribution is 5.85. The largest absolute Gasteiger partial charge is 0.474 e. The van der Waals surface area contributed by atoms with Crippen molar-refractivity contribution < 1.29 is 9.53 Å². The number of aromatic nitrogens is 1. The third-order valence-corrected chi connectivity index (χ3v) is 4.59. The predicted molar refractivity (Wildman–Crippen MR) is 94.5 cm³/mol. The lowest BCUT2D eigenvalue weighted by Crippen LogP contribution is -2.52. The second-order valence-electron chi connectivity index (χ2n) is 6.02. The zero-order valence-corrected chi connectivity index (χ0v) is 14.9. The smallest absolute Gasteiger partial charge is 0.225 e. The van der Waals surface area contributed by atoms with Crippen LogP contribution in [-0.4, -0.2) is 48.1 Å². The van der Waals surface area contributed by atoms with Crippen LogP contribution in [0.4, 0.5) is 0 Å². The van der Waals surface area contributed by atoms with Crippen LogP contribution in [0.2, 0.25) is 0 Å². The molecule has 7 heteroatoms. The number of piperidine rings is 1. The van der Waals surface area contributed by atoms with Crippen molar-refractivity contribution >= 4 is 30.7 Å². The molecule has 1 amide bonds. The lowest BCUT2D eigenvalue weighted by atomic mass is 9.87. The zero-order valence-electron chi connectivity index (χ0n) is 13.3. The first-order valence-corrected chi connectivity index (χ1v) is 7.81. The van der Waals surface area contributed by atoms with E-state index in [9.17, 15) is 4.79 Å². The Hall–Kier alpha value is -1.04. The molecule has 1 aromatic rings. The summed E-state index contributed by atoms with van der Waals surface area (Å²) >= 11 is 0. The van der Waals surface area contributed by atoms with Gasteiger partial charge in [-0.1, -0.05) is 13.0 Å². The van der Waals surface area contributed by atoms with Gasteiger partial charge in [-0.05, 0) is 25.1 Å². The van der Waals surface area contributed by atoms with Crippen molar-refractivity contribution in [3.63, 3.8) is 0 Å². The summed E-state index contributed by atoms with van der Waals surface area (Å²) in [4.78, 5) is 18.6. The lowest BCUT2D eigenvalue weighted by molar-refractivity contribution is -0.139. The van der Waals surface area contributed by atoms with E-state index in [2.05, 4.69) is 17.2 Å². The highest BCUT2D eigenvalue weighted by Crippen LogP contribution is 2.22. The monoisotopic (exact) mass is 361 g/mol. The van der Waals surface area contributed by atoms with E-state index >= 15 is 0 Å². The van der Waals surface area contributed by atoms with Gasteiger partial charge >= 0.3 is 0 Å². The van der Waals surface area contributed by atoms with Crippen LogP contribution in [0, 0.1) is 11.8 Å². The van der Waals surface area contributed by atoms with Crippen LogP contribution in [0.3, 0.4) is 0 Å². The quantitative estimate of drug-likeness (QED) is 0.892. The lowest BCUT2D eigenvalue weighted by Gasteiger charge is -2.37. The first-order valence-electron chi connectivity index (χ1n) is 7.81. The molecule has 0 bridgehead atoms. The highest BCUT2D eigenvalue weighted by atomic mass is 35.5. The van der Waals surface area contributed by atoms with Gasteiger partial charge in [0.2, 0.25) is 11.8 Å². The summed E-state index contributed by atoms with van der Waals surface area (Å²) in [6, 6.07) is 5.68. The average molecular weight is 362 g/mol. The molecule has 0 radical (unpaired) electrons. The van der Waals surface area contributed by atoms with E-state index in [0.717, 1.165) is 39.0 Å². The van der Waals surface area contributed by atoms with E-state index in [1.165, 1.54) is 0 Å². The topological polar surface area (TPSA) is 54.5 Å². The first kappa shape index (κ1) is 20.0. The van der Waals surface area contributed by atoms with Crippen molar-refractivity contribution in [2.75, 3.05) is 26.2 Å². The van der Waals surface area contributed by atoms with Crippen LogP contribution >= 0.6 is 24.8 Å². The van der Waals surface area contributed by atoms with Gasteiger partial charge in [-0.2, -0.15) is 0 Å². The second kappa shape index (κ2) is 9.30. The molecular weight excluding hydrogens is 337 g/mol. The van der Waals surface area contributed by atoms with Crippen LogP contribution in [-0.2, 0) is 4.79 Å². The summed E-state index contributed by atoms with van der Waals surface area (Å²) < 4.78 is 5.86. The van der Waals surface area contributed by atoms with Crippen molar-refractivity contribution in [2.24, 2.45) is 11.8 Å². The molecule has 3 rings (SSSR count). The average Bonchev–Trinajstić information content (AvgIpc) is 2.46. The molecule has 23 heavy (non-hydrogen) atoms. The number of carbonyl (C=O) groups is 1. The molecule has 0 aromatic carbocycles. The normalized spacial score (nSPS) is 19.8. The van der Waals surface area contributed by atoms with Crippen LogP contribution in [0.15, 0.2) is 24.4 Å². The molecule has 1 unspecified atom stereocenters.